The molecule has 0 radical (unpaired) electrons. The van der Waals surface area contributed by atoms with Gasteiger partial charge in [-0.2, -0.15) is 8.78 Å². The largest absolute Gasteiger partial charge is 0.453 e. The van der Waals surface area contributed by atoms with Crippen LogP contribution in [0.25, 0.3) is 34.2 Å². The third-order valence-electron chi connectivity index (χ3n) is 4.35. The van der Waals surface area contributed by atoms with Crippen molar-refractivity contribution in [1.82, 2.24) is 9.97 Å². The molecule has 4 nitrogen and oxygen atoms in total. The molecular formula is C22H16Cl2F2N2O2. The van der Waals surface area contributed by atoms with Gasteiger partial charge in [0.05, 0.1) is 10.7 Å². The van der Waals surface area contributed by atoms with Crippen molar-refractivity contribution < 1.29 is 17.9 Å². The summed E-state index contributed by atoms with van der Waals surface area (Å²) in [5.41, 5.74) is 3.24. The molecule has 0 bridgehead atoms. The molecule has 0 spiro atoms. The monoisotopic (exact) mass is 448 g/mol. The molecule has 0 amide bonds. The van der Waals surface area contributed by atoms with E-state index in [0.717, 1.165) is 17.0 Å². The van der Waals surface area contributed by atoms with E-state index in [2.05, 4.69) is 14.7 Å². The molecule has 0 aliphatic heterocycles. The Kier molecular flexibility index (Phi) is 5.30. The van der Waals surface area contributed by atoms with Gasteiger partial charge in [0.25, 0.3) is 0 Å². The maximum Gasteiger partial charge on any atom is 0.394 e. The topological polar surface area (TPSA) is 51.0 Å². The first-order valence-electron chi connectivity index (χ1n) is 8.99. The van der Waals surface area contributed by atoms with Crippen molar-refractivity contribution in [2.24, 2.45) is 0 Å². The molecule has 2 heterocycles. The molecule has 30 heavy (non-hydrogen) atoms. The molecule has 0 saturated heterocycles. The minimum absolute atomic E-state index is 0.0610. The van der Waals surface area contributed by atoms with Gasteiger partial charge in [-0.3, -0.25) is 0 Å². The van der Waals surface area contributed by atoms with E-state index in [-0.39, 0.29) is 10.8 Å². The molecule has 2 aromatic carbocycles. The minimum Gasteiger partial charge on any atom is -0.453 e. The van der Waals surface area contributed by atoms with Crippen LogP contribution in [0.5, 0.6) is 5.75 Å². The van der Waals surface area contributed by atoms with E-state index < -0.39 is 6.11 Å². The van der Waals surface area contributed by atoms with Gasteiger partial charge in [0.2, 0.25) is 0 Å². The maximum atomic E-state index is 13.1. The zero-order valence-electron chi connectivity index (χ0n) is 16.0. The summed E-state index contributed by atoms with van der Waals surface area (Å²) >= 11 is 12.0. The first-order chi connectivity index (χ1) is 14.2. The highest BCUT2D eigenvalue weighted by Crippen LogP contribution is 2.35. The van der Waals surface area contributed by atoms with Gasteiger partial charge in [0.1, 0.15) is 11.5 Å². The van der Waals surface area contributed by atoms with E-state index in [0.29, 0.717) is 34.9 Å². The molecule has 154 valence electrons. The van der Waals surface area contributed by atoms with E-state index in [9.17, 15) is 8.78 Å². The number of halogens is 4. The van der Waals surface area contributed by atoms with Crippen molar-refractivity contribution in [3.8, 4) is 39.9 Å². The summed E-state index contributed by atoms with van der Waals surface area (Å²) in [6.45, 7) is 2.58. The van der Waals surface area contributed by atoms with Gasteiger partial charge < -0.3 is 14.1 Å². The average Bonchev–Trinajstić information content (AvgIpc) is 3.30. The maximum absolute atomic E-state index is 13.1. The van der Waals surface area contributed by atoms with Gasteiger partial charge in [0.15, 0.2) is 11.6 Å². The highest BCUT2D eigenvalue weighted by Gasteiger charge is 2.24. The Morgan fingerprint density at radius 2 is 1.63 bits per heavy atom. The van der Waals surface area contributed by atoms with Crippen molar-refractivity contribution in [2.75, 3.05) is 0 Å². The SMILES string of the molecule is Cc1[nH]c(-c2ccc(-c3ccc(OC(C)(F)F)c(Cl)c3)o2)nc1-c1ccc(Cl)cc1. The molecule has 4 aromatic rings. The summed E-state index contributed by atoms with van der Waals surface area (Å²) in [5.74, 6) is 1.52. The second-order valence-electron chi connectivity index (χ2n) is 6.78. The first-order valence-corrected chi connectivity index (χ1v) is 9.75. The van der Waals surface area contributed by atoms with E-state index in [1.807, 2.05) is 19.1 Å². The number of hydrogen-bond acceptors (Lipinski definition) is 3. The molecule has 0 unspecified atom stereocenters. The van der Waals surface area contributed by atoms with Crippen LogP contribution in [0.4, 0.5) is 8.78 Å². The van der Waals surface area contributed by atoms with Crippen LogP contribution < -0.4 is 4.74 Å². The molecule has 0 aliphatic rings. The number of nitrogens with zero attached hydrogens (tertiary/aromatic N) is 1. The summed E-state index contributed by atoms with van der Waals surface area (Å²) < 4.78 is 36.6. The zero-order valence-corrected chi connectivity index (χ0v) is 17.5. The Balaban J connectivity index is 1.61. The summed E-state index contributed by atoms with van der Waals surface area (Å²) in [6, 6.07) is 15.4. The van der Waals surface area contributed by atoms with Crippen LogP contribution in [-0.2, 0) is 0 Å². The van der Waals surface area contributed by atoms with Crippen LogP contribution in [0.2, 0.25) is 10.0 Å². The summed E-state index contributed by atoms with van der Waals surface area (Å²) in [5, 5.41) is 0.714. The van der Waals surface area contributed by atoms with Crippen molar-refractivity contribution in [3.05, 3.63) is 70.3 Å². The average molecular weight is 449 g/mol. The lowest BCUT2D eigenvalue weighted by atomic mass is 10.1. The standard InChI is InChI=1S/C22H16Cl2F2N2O2/c1-12-20(13-3-6-15(23)7-4-13)28-21(27-12)19-10-9-17(29-19)14-5-8-18(16(24)11-14)30-22(2,25)26/h3-11H,1-2H3,(H,27,28). The summed E-state index contributed by atoms with van der Waals surface area (Å²) in [6.07, 6.45) is -3.32. The quantitative estimate of drug-likeness (QED) is 0.341. The minimum atomic E-state index is -3.32. The number of benzene rings is 2. The van der Waals surface area contributed by atoms with Gasteiger partial charge in [-0.05, 0) is 49.4 Å². The smallest absolute Gasteiger partial charge is 0.394 e. The highest BCUT2D eigenvalue weighted by molar-refractivity contribution is 6.32. The van der Waals surface area contributed by atoms with Gasteiger partial charge in [0, 0.05) is 28.8 Å². The lowest BCUT2D eigenvalue weighted by molar-refractivity contribution is -0.158. The van der Waals surface area contributed by atoms with Crippen molar-refractivity contribution >= 4 is 23.2 Å². The fourth-order valence-electron chi connectivity index (χ4n) is 3.02. The van der Waals surface area contributed by atoms with Crippen LogP contribution in [0.3, 0.4) is 0 Å². The number of aryl methyl sites for hydroxylation is 1. The second kappa shape index (κ2) is 7.78. The van der Waals surface area contributed by atoms with Crippen molar-refractivity contribution in [3.63, 3.8) is 0 Å². The Morgan fingerprint density at radius 3 is 2.30 bits per heavy atom. The number of aromatic amines is 1. The number of rotatable bonds is 5. The number of H-pyrrole nitrogens is 1. The normalized spacial score (nSPS) is 11.7. The van der Waals surface area contributed by atoms with E-state index in [1.165, 1.54) is 12.1 Å². The number of hydrogen-bond donors (Lipinski definition) is 1. The Labute approximate surface area is 181 Å². The molecule has 1 N–H and O–H groups in total. The van der Waals surface area contributed by atoms with Crippen molar-refractivity contribution in [2.45, 2.75) is 20.0 Å². The number of aromatic nitrogens is 2. The number of furan rings is 1. The predicted molar refractivity (Wildman–Crippen MR) is 113 cm³/mol. The van der Waals surface area contributed by atoms with Gasteiger partial charge in [-0.25, -0.2) is 4.98 Å². The molecule has 0 fully saturated rings. The molecule has 0 atom stereocenters. The van der Waals surface area contributed by atoms with Crippen LogP contribution in [0, 0.1) is 6.92 Å². The summed E-state index contributed by atoms with van der Waals surface area (Å²) in [7, 11) is 0. The van der Waals surface area contributed by atoms with Gasteiger partial charge in [-0.1, -0.05) is 35.3 Å². The lowest BCUT2D eigenvalue weighted by Crippen LogP contribution is -2.19. The van der Waals surface area contributed by atoms with Crippen molar-refractivity contribution in [1.29, 1.82) is 0 Å². The lowest BCUT2D eigenvalue weighted by Gasteiger charge is -2.14. The number of nitrogens with one attached hydrogen (secondary N) is 1. The Morgan fingerprint density at radius 1 is 0.967 bits per heavy atom. The third-order valence-corrected chi connectivity index (χ3v) is 4.89. The number of imidazole rings is 1. The second-order valence-corrected chi connectivity index (χ2v) is 7.63. The van der Waals surface area contributed by atoms with Gasteiger partial charge in [-0.15, -0.1) is 0 Å². The fraction of sp³-hybridized carbons (Fsp3) is 0.136. The molecule has 4 rings (SSSR count). The summed E-state index contributed by atoms with van der Waals surface area (Å²) in [4.78, 5) is 7.85. The van der Waals surface area contributed by atoms with Crippen LogP contribution >= 0.6 is 23.2 Å². The molecular weight excluding hydrogens is 433 g/mol. The van der Waals surface area contributed by atoms with E-state index in [1.54, 1.807) is 30.3 Å². The highest BCUT2D eigenvalue weighted by atomic mass is 35.5. The van der Waals surface area contributed by atoms with Gasteiger partial charge >= 0.3 is 6.11 Å². The Hall–Kier alpha value is -2.83. The Bertz CT molecular complexity index is 1190. The fourth-order valence-corrected chi connectivity index (χ4v) is 3.36. The molecule has 8 heteroatoms. The molecule has 2 aromatic heterocycles. The van der Waals surface area contributed by atoms with E-state index >= 15 is 0 Å². The zero-order chi connectivity index (χ0) is 21.5. The number of ether oxygens (including phenoxy) is 1. The van der Waals surface area contributed by atoms with Crippen LogP contribution in [0.15, 0.2) is 59.0 Å². The van der Waals surface area contributed by atoms with Crippen LogP contribution in [-0.4, -0.2) is 16.1 Å². The first kappa shape index (κ1) is 20.4. The molecule has 0 aliphatic carbocycles. The third kappa shape index (κ3) is 4.35. The van der Waals surface area contributed by atoms with E-state index in [4.69, 9.17) is 27.6 Å². The predicted octanol–water partition coefficient (Wildman–Crippen LogP) is 7.61. The van der Waals surface area contributed by atoms with Crippen LogP contribution in [0.1, 0.15) is 12.6 Å². The number of alkyl halides is 2. The molecule has 0 saturated carbocycles.